The summed E-state index contributed by atoms with van der Waals surface area (Å²) in [5, 5.41) is 1.01. The Hall–Kier alpha value is -0.390. The van der Waals surface area contributed by atoms with Crippen molar-refractivity contribution in [1.29, 1.82) is 0 Å². The predicted octanol–water partition coefficient (Wildman–Crippen LogP) is 1.40. The Labute approximate surface area is 54.2 Å². The molecule has 10 heavy (non-hydrogen) atoms. The predicted molar refractivity (Wildman–Crippen MR) is 24.9 cm³/mol. The summed E-state index contributed by atoms with van der Waals surface area (Å²) in [4.78, 5) is 0. The van der Waals surface area contributed by atoms with Crippen molar-refractivity contribution < 1.29 is 22.0 Å². The van der Waals surface area contributed by atoms with Crippen molar-refractivity contribution in [2.24, 2.45) is 0 Å². The normalized spacial score (nSPS) is 13.8. The van der Waals surface area contributed by atoms with Gasteiger partial charge >= 0.3 is 12.0 Å². The van der Waals surface area contributed by atoms with Crippen molar-refractivity contribution in [3.63, 3.8) is 0 Å². The molecule has 1 nitrogen and oxygen atoms in total. The van der Waals surface area contributed by atoms with E-state index in [9.17, 15) is 22.0 Å². The summed E-state index contributed by atoms with van der Waals surface area (Å²) in [5.74, 6) is -4.62. The molecular formula is C4H6F5N. The molecule has 0 amide bonds. The van der Waals surface area contributed by atoms with Crippen LogP contribution in [0, 0.1) is 0 Å². The first-order valence-electron chi connectivity index (χ1n) is 2.38. The van der Waals surface area contributed by atoms with Crippen LogP contribution in [0.15, 0.2) is 0 Å². The van der Waals surface area contributed by atoms with E-state index in [4.69, 9.17) is 0 Å². The van der Waals surface area contributed by atoms with Crippen molar-refractivity contribution in [3.8, 4) is 0 Å². The van der Waals surface area contributed by atoms with Crippen molar-refractivity contribution in [1.82, 2.24) is 5.32 Å². The van der Waals surface area contributed by atoms with Crippen LogP contribution in [0.3, 0.4) is 0 Å². The van der Waals surface area contributed by atoms with E-state index in [1.54, 1.807) is 0 Å². The average Bonchev–Trinajstić information content (AvgIpc) is 1.88. The maximum absolute atomic E-state index is 11.8. The van der Waals surface area contributed by atoms with Crippen LogP contribution in [0.2, 0.25) is 0 Å². The molecule has 0 radical (unpaired) electrons. The molecule has 0 aliphatic heterocycles. The lowest BCUT2D eigenvalue weighted by Crippen LogP contribution is -2.51. The van der Waals surface area contributed by atoms with Crippen molar-refractivity contribution >= 4 is 0 Å². The van der Waals surface area contributed by atoms with Crippen molar-refractivity contribution in [2.75, 3.05) is 13.7 Å². The summed E-state index contributed by atoms with van der Waals surface area (Å²) in [6.45, 7) is -2.37. The summed E-state index contributed by atoms with van der Waals surface area (Å²) in [7, 11) is 0.629. The zero-order valence-electron chi connectivity index (χ0n) is 5.10. The van der Waals surface area contributed by atoms with Gasteiger partial charge in [-0.15, -0.1) is 0 Å². The van der Waals surface area contributed by atoms with Crippen LogP contribution in [0.4, 0.5) is 22.0 Å². The lowest BCUT2D eigenvalue weighted by molar-refractivity contribution is -0.229. The maximum atomic E-state index is 11.8. The van der Waals surface area contributed by atoms with Gasteiger partial charge in [-0.3, -0.25) is 5.32 Å². The SMILES string of the molecule is CNC(F)(F)C(F)(F)CF. The second-order valence-corrected chi connectivity index (χ2v) is 1.66. The fourth-order valence-electron chi connectivity index (χ4n) is 0.267. The Morgan fingerprint density at radius 2 is 1.60 bits per heavy atom. The number of alkyl halides is 5. The summed E-state index contributed by atoms with van der Waals surface area (Å²) in [6, 6.07) is -4.47. The molecule has 0 bridgehead atoms. The molecule has 1 N–H and O–H groups in total. The van der Waals surface area contributed by atoms with Crippen LogP contribution in [0.25, 0.3) is 0 Å². The van der Waals surface area contributed by atoms with Crippen LogP contribution < -0.4 is 5.32 Å². The van der Waals surface area contributed by atoms with Gasteiger partial charge in [0.15, 0.2) is 6.67 Å². The summed E-state index contributed by atoms with van der Waals surface area (Å²) in [5.41, 5.74) is 0. The largest absolute Gasteiger partial charge is 0.367 e. The second kappa shape index (κ2) is 2.69. The molecule has 0 fully saturated rings. The number of hydrogen-bond acceptors (Lipinski definition) is 1. The minimum atomic E-state index is -4.62. The first-order chi connectivity index (χ1) is 4.37. The van der Waals surface area contributed by atoms with E-state index in [0.717, 1.165) is 5.32 Å². The minimum Gasteiger partial charge on any atom is -0.256 e. The van der Waals surface area contributed by atoms with Gasteiger partial charge in [0.05, 0.1) is 0 Å². The Kier molecular flexibility index (Phi) is 2.59. The van der Waals surface area contributed by atoms with Crippen molar-refractivity contribution in [2.45, 2.75) is 12.0 Å². The smallest absolute Gasteiger partial charge is 0.256 e. The first-order valence-corrected chi connectivity index (χ1v) is 2.38. The summed E-state index contributed by atoms with van der Waals surface area (Å²) >= 11 is 0. The molecule has 0 aromatic rings. The Morgan fingerprint density at radius 1 is 1.20 bits per heavy atom. The van der Waals surface area contributed by atoms with Crippen LogP contribution in [-0.4, -0.2) is 25.7 Å². The molecule has 0 aromatic heterocycles. The van der Waals surface area contributed by atoms with Crippen LogP contribution in [0.1, 0.15) is 0 Å². The molecule has 0 heterocycles. The Bertz CT molecular complexity index is 98.2. The van der Waals surface area contributed by atoms with Gasteiger partial charge in [0, 0.05) is 0 Å². The topological polar surface area (TPSA) is 12.0 Å². The van der Waals surface area contributed by atoms with Gasteiger partial charge in [-0.1, -0.05) is 0 Å². The molecule has 0 unspecified atom stereocenters. The molecule has 0 rings (SSSR count). The highest BCUT2D eigenvalue weighted by atomic mass is 19.3. The van der Waals surface area contributed by atoms with Gasteiger partial charge < -0.3 is 0 Å². The highest BCUT2D eigenvalue weighted by Crippen LogP contribution is 2.31. The average molecular weight is 163 g/mol. The van der Waals surface area contributed by atoms with Gasteiger partial charge in [-0.25, -0.2) is 4.39 Å². The number of rotatable bonds is 3. The fourth-order valence-corrected chi connectivity index (χ4v) is 0.267. The highest BCUT2D eigenvalue weighted by molar-refractivity contribution is 4.80. The van der Waals surface area contributed by atoms with E-state index in [0.29, 0.717) is 7.05 Å². The van der Waals surface area contributed by atoms with Gasteiger partial charge in [0.2, 0.25) is 0 Å². The van der Waals surface area contributed by atoms with E-state index in [1.165, 1.54) is 0 Å². The monoisotopic (exact) mass is 163 g/mol. The van der Waals surface area contributed by atoms with Gasteiger partial charge in [0.25, 0.3) is 0 Å². The molecule has 0 saturated carbocycles. The summed E-state index contributed by atoms with van der Waals surface area (Å²) in [6.07, 6.45) is 0. The quantitative estimate of drug-likeness (QED) is 0.489. The van der Waals surface area contributed by atoms with E-state index in [1.807, 2.05) is 0 Å². The van der Waals surface area contributed by atoms with Crippen LogP contribution >= 0.6 is 0 Å². The maximum Gasteiger partial charge on any atom is 0.367 e. The second-order valence-electron chi connectivity index (χ2n) is 1.66. The molecule has 62 valence electrons. The lowest BCUT2D eigenvalue weighted by atomic mass is 10.3. The van der Waals surface area contributed by atoms with Crippen LogP contribution in [0.5, 0.6) is 0 Å². The third kappa shape index (κ3) is 1.56. The molecule has 0 aliphatic rings. The zero-order chi connectivity index (χ0) is 8.41. The fraction of sp³-hybridized carbons (Fsp3) is 1.00. The molecule has 6 heteroatoms. The Morgan fingerprint density at radius 3 is 1.70 bits per heavy atom. The van der Waals surface area contributed by atoms with E-state index in [2.05, 4.69) is 0 Å². The molecule has 0 atom stereocenters. The minimum absolute atomic E-state index is 0.629. The first kappa shape index (κ1) is 9.61. The third-order valence-corrected chi connectivity index (χ3v) is 0.941. The van der Waals surface area contributed by atoms with Gasteiger partial charge in [-0.05, 0) is 7.05 Å². The van der Waals surface area contributed by atoms with Gasteiger partial charge in [0.1, 0.15) is 0 Å². The van der Waals surface area contributed by atoms with Crippen LogP contribution in [-0.2, 0) is 0 Å². The zero-order valence-corrected chi connectivity index (χ0v) is 5.10. The molecular weight excluding hydrogens is 157 g/mol. The highest BCUT2D eigenvalue weighted by Gasteiger charge is 2.55. The number of nitrogens with one attached hydrogen (secondary N) is 1. The standard InChI is InChI=1S/C4H6F5N/c1-10-4(8,9)3(6,7)2-5/h10H,2H2,1H3. The lowest BCUT2D eigenvalue weighted by Gasteiger charge is -2.22. The molecule has 0 saturated heterocycles. The Balaban J connectivity index is 4.28. The molecule has 0 spiro atoms. The number of hydrogen-bond donors (Lipinski definition) is 1. The third-order valence-electron chi connectivity index (χ3n) is 0.941. The van der Waals surface area contributed by atoms with E-state index in [-0.39, 0.29) is 0 Å². The van der Waals surface area contributed by atoms with Crippen molar-refractivity contribution in [3.05, 3.63) is 0 Å². The molecule has 0 aliphatic carbocycles. The number of halogens is 5. The van der Waals surface area contributed by atoms with E-state index >= 15 is 0 Å². The van der Waals surface area contributed by atoms with Gasteiger partial charge in [-0.2, -0.15) is 17.6 Å². The molecule has 0 aromatic carbocycles. The summed E-state index contributed by atoms with van der Waals surface area (Å²) < 4.78 is 58.3. The van der Waals surface area contributed by atoms with E-state index < -0.39 is 18.6 Å².